The summed E-state index contributed by atoms with van der Waals surface area (Å²) in [5, 5.41) is 6.44. The van der Waals surface area contributed by atoms with E-state index in [4.69, 9.17) is 0 Å². The van der Waals surface area contributed by atoms with Crippen LogP contribution in [0.3, 0.4) is 0 Å². The van der Waals surface area contributed by atoms with Gasteiger partial charge in [-0.05, 0) is 19.1 Å². The average molecular weight is 331 g/mol. The zero-order chi connectivity index (χ0) is 14.2. The lowest BCUT2D eigenvalue weighted by Crippen LogP contribution is -2.52. The van der Waals surface area contributed by atoms with Crippen molar-refractivity contribution in [1.82, 2.24) is 10.2 Å². The molecular formula is C13H19ClN4O2S. The van der Waals surface area contributed by atoms with Gasteiger partial charge in [-0.2, -0.15) is 8.42 Å². The van der Waals surface area contributed by atoms with Gasteiger partial charge < -0.3 is 10.6 Å². The summed E-state index contributed by atoms with van der Waals surface area (Å²) >= 11 is 0. The molecule has 2 aliphatic heterocycles. The van der Waals surface area contributed by atoms with Crippen LogP contribution in [-0.2, 0) is 10.0 Å². The first-order valence-electron chi connectivity index (χ1n) is 6.71. The van der Waals surface area contributed by atoms with Gasteiger partial charge in [-0.15, -0.1) is 16.8 Å². The van der Waals surface area contributed by atoms with Gasteiger partial charge >= 0.3 is 0 Å². The van der Waals surface area contributed by atoms with E-state index in [-0.39, 0.29) is 17.3 Å². The molecule has 1 fully saturated rings. The number of para-hydroxylation sites is 1. The topological polar surface area (TPSA) is 73.8 Å². The number of nitrogens with one attached hydrogen (secondary N) is 2. The molecule has 116 valence electrons. The Bertz CT molecular complexity index is 647. The van der Waals surface area contributed by atoms with Crippen LogP contribution in [0.5, 0.6) is 0 Å². The summed E-state index contributed by atoms with van der Waals surface area (Å²) in [7, 11) is -3.58. The minimum absolute atomic E-state index is 0. The summed E-state index contributed by atoms with van der Waals surface area (Å²) in [6, 6.07) is 7.23. The van der Waals surface area contributed by atoms with E-state index in [0.29, 0.717) is 24.1 Å². The molecule has 0 aliphatic carbocycles. The van der Waals surface area contributed by atoms with Crippen molar-refractivity contribution in [3.63, 3.8) is 0 Å². The Hall–Kier alpha value is -1.15. The van der Waals surface area contributed by atoms with Crippen LogP contribution in [0.25, 0.3) is 0 Å². The van der Waals surface area contributed by atoms with Gasteiger partial charge in [0.05, 0.1) is 12.2 Å². The number of fused-ring (bicyclic) bond motifs is 1. The molecule has 0 amide bonds. The normalized spacial score (nSPS) is 24.2. The van der Waals surface area contributed by atoms with Crippen molar-refractivity contribution < 1.29 is 8.42 Å². The fraction of sp³-hybridized carbons (Fsp3) is 0.462. The van der Waals surface area contributed by atoms with Crippen molar-refractivity contribution in [3.8, 4) is 0 Å². The quantitative estimate of drug-likeness (QED) is 0.843. The molecule has 0 spiro atoms. The lowest BCUT2D eigenvalue weighted by molar-refractivity contribution is 0.198. The first-order chi connectivity index (χ1) is 9.56. The van der Waals surface area contributed by atoms with Crippen molar-refractivity contribution in [3.05, 3.63) is 24.3 Å². The van der Waals surface area contributed by atoms with Crippen LogP contribution >= 0.6 is 12.4 Å². The highest BCUT2D eigenvalue weighted by atomic mass is 35.5. The number of sulfonamides is 1. The first kappa shape index (κ1) is 16.2. The highest BCUT2D eigenvalue weighted by Gasteiger charge is 2.27. The second kappa shape index (κ2) is 6.31. The van der Waals surface area contributed by atoms with Crippen molar-refractivity contribution >= 4 is 34.0 Å². The summed E-state index contributed by atoms with van der Waals surface area (Å²) in [6.07, 6.45) is 0. The smallest absolute Gasteiger partial charge is 0.286 e. The van der Waals surface area contributed by atoms with Crippen molar-refractivity contribution in [2.24, 2.45) is 4.40 Å². The van der Waals surface area contributed by atoms with Crippen LogP contribution in [-0.4, -0.2) is 51.4 Å². The van der Waals surface area contributed by atoms with Gasteiger partial charge in [-0.3, -0.25) is 4.90 Å². The Labute approximate surface area is 131 Å². The maximum atomic E-state index is 12.1. The number of nitrogens with zero attached hydrogens (tertiary/aromatic N) is 2. The molecule has 2 aliphatic rings. The molecule has 0 saturated carbocycles. The molecule has 1 saturated heterocycles. The molecule has 3 rings (SSSR count). The van der Waals surface area contributed by atoms with Gasteiger partial charge in [-0.25, -0.2) is 0 Å². The van der Waals surface area contributed by atoms with Crippen molar-refractivity contribution in [2.75, 3.05) is 31.5 Å². The molecule has 2 N–H and O–H groups in total. The van der Waals surface area contributed by atoms with E-state index in [1.165, 1.54) is 0 Å². The van der Waals surface area contributed by atoms with Gasteiger partial charge in [0.25, 0.3) is 10.0 Å². The molecule has 1 atom stereocenters. The van der Waals surface area contributed by atoms with Crippen LogP contribution < -0.4 is 10.6 Å². The molecule has 2 heterocycles. The van der Waals surface area contributed by atoms with Gasteiger partial charge in [0.2, 0.25) is 0 Å². The third-order valence-electron chi connectivity index (χ3n) is 3.67. The first-order valence-corrected chi connectivity index (χ1v) is 8.15. The Kier molecular flexibility index (Phi) is 4.88. The third-order valence-corrected chi connectivity index (χ3v) is 5.04. The molecule has 6 nitrogen and oxygen atoms in total. The number of benzene rings is 1. The fourth-order valence-electron chi connectivity index (χ4n) is 2.55. The molecule has 21 heavy (non-hydrogen) atoms. The van der Waals surface area contributed by atoms with Crippen LogP contribution in [0.2, 0.25) is 0 Å². The molecule has 8 heteroatoms. The number of piperazine rings is 1. The van der Waals surface area contributed by atoms with Gasteiger partial charge in [0.15, 0.2) is 0 Å². The van der Waals surface area contributed by atoms with Crippen LogP contribution in [0, 0.1) is 0 Å². The summed E-state index contributed by atoms with van der Waals surface area (Å²) in [5.74, 6) is 0.498. The standard InChI is InChI=1S/C13H18N4O2S.ClH/c1-10-8-14-6-7-17(10)9-13-15-11-4-2-3-5-12(11)20(18,19)16-13;/h2-5,10,14H,6-9H2,1H3,(H,15,16);1H/t10-;/m1./s1. The molecular weight excluding hydrogens is 312 g/mol. The number of halogens is 1. The predicted octanol–water partition coefficient (Wildman–Crippen LogP) is 0.915. The van der Waals surface area contributed by atoms with Gasteiger partial charge in [0, 0.05) is 25.7 Å². The average Bonchev–Trinajstić information content (AvgIpc) is 2.41. The van der Waals surface area contributed by atoms with Crippen LogP contribution in [0.1, 0.15) is 6.92 Å². The Morgan fingerprint density at radius 1 is 1.38 bits per heavy atom. The summed E-state index contributed by atoms with van der Waals surface area (Å²) in [6.45, 7) is 5.37. The monoisotopic (exact) mass is 330 g/mol. The lowest BCUT2D eigenvalue weighted by Gasteiger charge is -2.34. The van der Waals surface area contributed by atoms with E-state index in [1.807, 2.05) is 6.07 Å². The number of hydrogen-bond donors (Lipinski definition) is 2. The summed E-state index contributed by atoms with van der Waals surface area (Å²) in [5.41, 5.74) is 0.611. The van der Waals surface area contributed by atoms with Crippen molar-refractivity contribution in [1.29, 1.82) is 0 Å². The summed E-state index contributed by atoms with van der Waals surface area (Å²) < 4.78 is 28.2. The van der Waals surface area contributed by atoms with E-state index < -0.39 is 10.0 Å². The number of rotatable bonds is 2. The SMILES string of the molecule is C[C@@H]1CNCCN1CC1=NS(=O)(=O)c2ccccc2N1.Cl. The summed E-state index contributed by atoms with van der Waals surface area (Å²) in [4.78, 5) is 2.48. The van der Waals surface area contributed by atoms with Crippen LogP contribution in [0.4, 0.5) is 5.69 Å². The second-order valence-electron chi connectivity index (χ2n) is 5.16. The van der Waals surface area contributed by atoms with Crippen molar-refractivity contribution in [2.45, 2.75) is 17.9 Å². The van der Waals surface area contributed by atoms with E-state index >= 15 is 0 Å². The third kappa shape index (κ3) is 3.37. The maximum absolute atomic E-state index is 12.1. The minimum atomic E-state index is -3.58. The zero-order valence-electron chi connectivity index (χ0n) is 11.7. The van der Waals surface area contributed by atoms with E-state index in [0.717, 1.165) is 19.6 Å². The molecule has 0 bridgehead atoms. The number of hydrogen-bond acceptors (Lipinski definition) is 5. The van der Waals surface area contributed by atoms with Crippen LogP contribution in [0.15, 0.2) is 33.6 Å². The molecule has 0 unspecified atom stereocenters. The Morgan fingerprint density at radius 2 is 2.14 bits per heavy atom. The molecule has 1 aromatic carbocycles. The molecule has 1 aromatic rings. The molecule has 0 aromatic heterocycles. The van der Waals surface area contributed by atoms with Gasteiger partial charge in [-0.1, -0.05) is 12.1 Å². The highest BCUT2D eigenvalue weighted by Crippen LogP contribution is 2.26. The fourth-order valence-corrected chi connectivity index (χ4v) is 3.69. The Balaban J connectivity index is 0.00000161. The second-order valence-corrected chi connectivity index (χ2v) is 6.73. The van der Waals surface area contributed by atoms with E-state index in [2.05, 4.69) is 26.9 Å². The molecule has 0 radical (unpaired) electrons. The number of amidine groups is 1. The van der Waals surface area contributed by atoms with E-state index in [9.17, 15) is 8.42 Å². The Morgan fingerprint density at radius 3 is 2.90 bits per heavy atom. The van der Waals surface area contributed by atoms with E-state index in [1.54, 1.807) is 18.2 Å². The minimum Gasteiger partial charge on any atom is -0.341 e. The maximum Gasteiger partial charge on any atom is 0.286 e. The largest absolute Gasteiger partial charge is 0.341 e. The zero-order valence-corrected chi connectivity index (χ0v) is 13.4. The lowest BCUT2D eigenvalue weighted by atomic mass is 10.2. The number of anilines is 1. The highest BCUT2D eigenvalue weighted by molar-refractivity contribution is 7.90. The predicted molar refractivity (Wildman–Crippen MR) is 85.8 cm³/mol. The van der Waals surface area contributed by atoms with Gasteiger partial charge in [0.1, 0.15) is 10.7 Å².